The molecule has 0 unspecified atom stereocenters. The topological polar surface area (TPSA) is 18.5 Å². The molecule has 18 heavy (non-hydrogen) atoms. The molecule has 1 spiro atoms. The van der Waals surface area contributed by atoms with Crippen LogP contribution in [0.3, 0.4) is 0 Å². The van der Waals surface area contributed by atoms with Gasteiger partial charge in [-0.3, -0.25) is 0 Å². The summed E-state index contributed by atoms with van der Waals surface area (Å²) in [4.78, 5) is 0. The van der Waals surface area contributed by atoms with Crippen LogP contribution in [0.2, 0.25) is 0 Å². The number of aryl methyl sites for hydroxylation is 1. The van der Waals surface area contributed by atoms with Crippen LogP contribution in [0.1, 0.15) is 37.7 Å². The minimum Gasteiger partial charge on any atom is -0.348 e. The van der Waals surface area contributed by atoms with Crippen molar-refractivity contribution in [2.75, 3.05) is 13.2 Å². The van der Waals surface area contributed by atoms with E-state index in [4.69, 9.17) is 9.47 Å². The van der Waals surface area contributed by atoms with Crippen molar-refractivity contribution in [3.63, 3.8) is 0 Å². The third-order valence-corrected chi connectivity index (χ3v) is 4.36. The van der Waals surface area contributed by atoms with E-state index >= 15 is 0 Å². The molecule has 0 amide bonds. The molecule has 0 atom stereocenters. The lowest BCUT2D eigenvalue weighted by atomic mass is 9.82. The standard InChI is InChI=1S/C16H22O2/c1-2-4-14(5-3-1)6-7-15-8-10-16(11-9-15)17-12-13-18-16/h1-5,15H,6-13H2. The first-order valence-corrected chi connectivity index (χ1v) is 7.18. The van der Waals surface area contributed by atoms with Crippen molar-refractivity contribution in [1.82, 2.24) is 0 Å². The Kier molecular flexibility index (Phi) is 3.67. The van der Waals surface area contributed by atoms with Gasteiger partial charge in [-0.05, 0) is 37.2 Å². The quantitative estimate of drug-likeness (QED) is 0.812. The summed E-state index contributed by atoms with van der Waals surface area (Å²) in [5, 5.41) is 0. The Hall–Kier alpha value is -0.860. The average molecular weight is 246 g/mol. The molecule has 1 heterocycles. The third kappa shape index (κ3) is 2.76. The van der Waals surface area contributed by atoms with Crippen LogP contribution in [-0.2, 0) is 15.9 Å². The molecule has 98 valence electrons. The second kappa shape index (κ2) is 5.41. The molecule has 1 aliphatic carbocycles. The van der Waals surface area contributed by atoms with Crippen LogP contribution in [0, 0.1) is 5.92 Å². The van der Waals surface area contributed by atoms with Crippen LogP contribution < -0.4 is 0 Å². The van der Waals surface area contributed by atoms with E-state index < -0.39 is 0 Å². The molecule has 3 rings (SSSR count). The molecule has 0 bridgehead atoms. The van der Waals surface area contributed by atoms with Crippen LogP contribution in [-0.4, -0.2) is 19.0 Å². The minimum absolute atomic E-state index is 0.191. The van der Waals surface area contributed by atoms with Crippen molar-refractivity contribution < 1.29 is 9.47 Å². The monoisotopic (exact) mass is 246 g/mol. The third-order valence-electron chi connectivity index (χ3n) is 4.36. The Labute approximate surface area is 109 Å². The van der Waals surface area contributed by atoms with Crippen molar-refractivity contribution in [2.45, 2.75) is 44.3 Å². The van der Waals surface area contributed by atoms with Gasteiger partial charge in [-0.25, -0.2) is 0 Å². The van der Waals surface area contributed by atoms with E-state index in [1.165, 1.54) is 31.2 Å². The second-order valence-electron chi connectivity index (χ2n) is 5.58. The Morgan fingerprint density at radius 2 is 1.67 bits per heavy atom. The Balaban J connectivity index is 1.46. The van der Waals surface area contributed by atoms with Gasteiger partial charge in [-0.2, -0.15) is 0 Å². The van der Waals surface area contributed by atoms with E-state index in [2.05, 4.69) is 30.3 Å². The number of benzene rings is 1. The summed E-state index contributed by atoms with van der Waals surface area (Å²) in [5.74, 6) is 0.659. The molecule has 1 saturated carbocycles. The molecule has 2 heteroatoms. The second-order valence-corrected chi connectivity index (χ2v) is 5.58. The van der Waals surface area contributed by atoms with Crippen molar-refractivity contribution in [3.05, 3.63) is 35.9 Å². The molecule has 1 saturated heterocycles. The van der Waals surface area contributed by atoms with Crippen molar-refractivity contribution in [1.29, 1.82) is 0 Å². The summed E-state index contributed by atoms with van der Waals surface area (Å²) < 4.78 is 11.5. The van der Waals surface area contributed by atoms with Gasteiger partial charge >= 0.3 is 0 Å². The predicted molar refractivity (Wildman–Crippen MR) is 71.4 cm³/mol. The highest BCUT2D eigenvalue weighted by Gasteiger charge is 2.39. The average Bonchev–Trinajstić information content (AvgIpc) is 2.88. The molecule has 2 nitrogen and oxygen atoms in total. The molecule has 2 aliphatic rings. The lowest BCUT2D eigenvalue weighted by Gasteiger charge is -2.35. The molecule has 0 N–H and O–H groups in total. The van der Waals surface area contributed by atoms with Gasteiger partial charge in [-0.15, -0.1) is 0 Å². The molecular weight excluding hydrogens is 224 g/mol. The lowest BCUT2D eigenvalue weighted by Crippen LogP contribution is -2.35. The fourth-order valence-corrected chi connectivity index (χ4v) is 3.21. The highest BCUT2D eigenvalue weighted by atomic mass is 16.7. The molecule has 1 aromatic rings. The summed E-state index contributed by atoms with van der Waals surface area (Å²) in [5.41, 5.74) is 1.46. The van der Waals surface area contributed by atoms with E-state index in [1.54, 1.807) is 0 Å². The molecule has 1 aromatic carbocycles. The maximum atomic E-state index is 5.77. The Morgan fingerprint density at radius 1 is 1.00 bits per heavy atom. The van der Waals surface area contributed by atoms with Crippen LogP contribution in [0.5, 0.6) is 0 Å². The lowest BCUT2D eigenvalue weighted by molar-refractivity contribution is -0.182. The van der Waals surface area contributed by atoms with Crippen LogP contribution in [0.25, 0.3) is 0 Å². The van der Waals surface area contributed by atoms with Crippen molar-refractivity contribution >= 4 is 0 Å². The number of hydrogen-bond acceptors (Lipinski definition) is 2. The SMILES string of the molecule is c1ccc(CCC2CCC3(CC2)OCCO3)cc1. The first-order chi connectivity index (χ1) is 8.86. The highest BCUT2D eigenvalue weighted by Crippen LogP contribution is 2.39. The Bertz CT molecular complexity index is 358. The first-order valence-electron chi connectivity index (χ1n) is 7.18. The Morgan fingerprint density at radius 3 is 2.33 bits per heavy atom. The predicted octanol–water partition coefficient (Wildman–Crippen LogP) is 3.55. The van der Waals surface area contributed by atoms with Crippen LogP contribution >= 0.6 is 0 Å². The van der Waals surface area contributed by atoms with Crippen LogP contribution in [0.15, 0.2) is 30.3 Å². The minimum atomic E-state index is -0.191. The van der Waals surface area contributed by atoms with E-state index in [9.17, 15) is 0 Å². The van der Waals surface area contributed by atoms with E-state index in [-0.39, 0.29) is 5.79 Å². The molecule has 1 aliphatic heterocycles. The summed E-state index contributed by atoms with van der Waals surface area (Å²) >= 11 is 0. The summed E-state index contributed by atoms with van der Waals surface area (Å²) in [7, 11) is 0. The summed E-state index contributed by atoms with van der Waals surface area (Å²) in [6.45, 7) is 1.57. The number of rotatable bonds is 3. The number of ether oxygens (including phenoxy) is 2. The van der Waals surface area contributed by atoms with Gasteiger partial charge in [0.1, 0.15) is 0 Å². The maximum absolute atomic E-state index is 5.77. The maximum Gasteiger partial charge on any atom is 0.168 e. The van der Waals surface area contributed by atoms with Gasteiger partial charge in [0.05, 0.1) is 13.2 Å². The summed E-state index contributed by atoms with van der Waals surface area (Å²) in [6.07, 6.45) is 7.21. The normalized spacial score (nSPS) is 23.6. The van der Waals surface area contributed by atoms with Crippen molar-refractivity contribution in [3.8, 4) is 0 Å². The zero-order chi connectivity index (χ0) is 12.3. The number of hydrogen-bond donors (Lipinski definition) is 0. The fourth-order valence-electron chi connectivity index (χ4n) is 3.21. The van der Waals surface area contributed by atoms with E-state index in [0.717, 1.165) is 32.0 Å². The van der Waals surface area contributed by atoms with Gasteiger partial charge in [-0.1, -0.05) is 30.3 Å². The molecule has 0 aromatic heterocycles. The van der Waals surface area contributed by atoms with E-state index in [0.29, 0.717) is 0 Å². The van der Waals surface area contributed by atoms with E-state index in [1.807, 2.05) is 0 Å². The zero-order valence-electron chi connectivity index (χ0n) is 10.9. The van der Waals surface area contributed by atoms with Gasteiger partial charge in [0.25, 0.3) is 0 Å². The van der Waals surface area contributed by atoms with Gasteiger partial charge in [0.2, 0.25) is 0 Å². The highest BCUT2D eigenvalue weighted by molar-refractivity contribution is 5.14. The molecular formula is C16H22O2. The first kappa shape index (κ1) is 12.2. The van der Waals surface area contributed by atoms with Crippen LogP contribution in [0.4, 0.5) is 0 Å². The smallest absolute Gasteiger partial charge is 0.168 e. The van der Waals surface area contributed by atoms with Crippen molar-refractivity contribution in [2.24, 2.45) is 5.92 Å². The largest absolute Gasteiger partial charge is 0.348 e. The van der Waals surface area contributed by atoms with Gasteiger partial charge in [0.15, 0.2) is 5.79 Å². The molecule has 0 radical (unpaired) electrons. The van der Waals surface area contributed by atoms with Gasteiger partial charge in [0, 0.05) is 12.8 Å². The summed E-state index contributed by atoms with van der Waals surface area (Å²) in [6, 6.07) is 10.8. The molecule has 2 fully saturated rings. The zero-order valence-corrected chi connectivity index (χ0v) is 10.9. The fraction of sp³-hybridized carbons (Fsp3) is 0.625. The van der Waals surface area contributed by atoms with Gasteiger partial charge < -0.3 is 9.47 Å².